The van der Waals surface area contributed by atoms with Crippen LogP contribution in [0.4, 0.5) is 18.9 Å². The van der Waals surface area contributed by atoms with Gasteiger partial charge in [0.1, 0.15) is 0 Å². The highest BCUT2D eigenvalue weighted by Gasteiger charge is 2.34. The van der Waals surface area contributed by atoms with Gasteiger partial charge in [0.25, 0.3) is 5.91 Å². The first-order chi connectivity index (χ1) is 9.79. The van der Waals surface area contributed by atoms with Crippen LogP contribution in [-0.2, 0) is 10.9 Å². The van der Waals surface area contributed by atoms with Crippen LogP contribution in [0.15, 0.2) is 18.2 Å². The van der Waals surface area contributed by atoms with Crippen LogP contribution >= 0.6 is 0 Å². The van der Waals surface area contributed by atoms with Crippen LogP contribution in [0.25, 0.3) is 0 Å². The number of carbonyl (C=O) groups excluding carboxylic acids is 1. The molecule has 0 aromatic heterocycles. The zero-order chi connectivity index (χ0) is 16.0. The molecule has 1 aromatic rings. The molecule has 1 atom stereocenters. The standard InChI is InChI=1S/C14H19F3N2O2/c1-4-18-12-6-5-10(7-11(12)14(15,16)17)13(20)19-8-9(2)21-3/h5-7,9,18H,4,8H2,1-3H3,(H,19,20). The molecular weight excluding hydrogens is 285 g/mol. The molecular formula is C14H19F3N2O2. The van der Waals surface area contributed by atoms with Crippen molar-refractivity contribution in [2.24, 2.45) is 0 Å². The molecule has 1 rings (SSSR count). The minimum absolute atomic E-state index is 0.0349. The highest BCUT2D eigenvalue weighted by Crippen LogP contribution is 2.35. The average Bonchev–Trinajstić information content (AvgIpc) is 2.43. The van der Waals surface area contributed by atoms with Gasteiger partial charge in [0.2, 0.25) is 0 Å². The average molecular weight is 304 g/mol. The van der Waals surface area contributed by atoms with Gasteiger partial charge in [-0.3, -0.25) is 4.79 Å². The maximum Gasteiger partial charge on any atom is 0.418 e. The van der Waals surface area contributed by atoms with E-state index in [2.05, 4.69) is 10.6 Å². The fourth-order valence-corrected chi connectivity index (χ4v) is 1.69. The number of hydrogen-bond acceptors (Lipinski definition) is 3. The molecule has 118 valence electrons. The van der Waals surface area contributed by atoms with Crippen molar-refractivity contribution in [2.75, 3.05) is 25.5 Å². The smallest absolute Gasteiger partial charge is 0.385 e. The Bertz CT molecular complexity index is 490. The summed E-state index contributed by atoms with van der Waals surface area (Å²) in [6.07, 6.45) is -4.73. The lowest BCUT2D eigenvalue weighted by atomic mass is 10.1. The monoisotopic (exact) mass is 304 g/mol. The van der Waals surface area contributed by atoms with Gasteiger partial charge in [0.05, 0.1) is 11.7 Å². The van der Waals surface area contributed by atoms with E-state index in [4.69, 9.17) is 4.74 Å². The molecule has 0 fully saturated rings. The second-order valence-electron chi connectivity index (χ2n) is 4.54. The van der Waals surface area contributed by atoms with E-state index in [1.165, 1.54) is 19.2 Å². The number of alkyl halides is 3. The molecule has 0 radical (unpaired) electrons. The molecule has 0 bridgehead atoms. The van der Waals surface area contributed by atoms with Gasteiger partial charge in [-0.25, -0.2) is 0 Å². The number of anilines is 1. The Hall–Kier alpha value is -1.76. The molecule has 1 amide bonds. The molecule has 21 heavy (non-hydrogen) atoms. The molecule has 0 saturated heterocycles. The van der Waals surface area contributed by atoms with Gasteiger partial charge < -0.3 is 15.4 Å². The summed E-state index contributed by atoms with van der Waals surface area (Å²) in [5.41, 5.74) is -0.920. The van der Waals surface area contributed by atoms with Crippen molar-refractivity contribution in [1.29, 1.82) is 0 Å². The van der Waals surface area contributed by atoms with Crippen molar-refractivity contribution in [1.82, 2.24) is 5.32 Å². The van der Waals surface area contributed by atoms with E-state index in [0.717, 1.165) is 6.07 Å². The molecule has 0 aliphatic heterocycles. The van der Waals surface area contributed by atoms with Gasteiger partial charge in [-0.05, 0) is 32.0 Å². The van der Waals surface area contributed by atoms with Crippen molar-refractivity contribution >= 4 is 11.6 Å². The van der Waals surface area contributed by atoms with Crippen LogP contribution in [0.3, 0.4) is 0 Å². The van der Waals surface area contributed by atoms with Gasteiger partial charge in [0, 0.05) is 31.5 Å². The van der Waals surface area contributed by atoms with Crippen LogP contribution < -0.4 is 10.6 Å². The zero-order valence-electron chi connectivity index (χ0n) is 12.2. The minimum atomic E-state index is -4.52. The number of benzene rings is 1. The van der Waals surface area contributed by atoms with Gasteiger partial charge in [-0.2, -0.15) is 13.2 Å². The van der Waals surface area contributed by atoms with E-state index >= 15 is 0 Å². The SMILES string of the molecule is CCNc1ccc(C(=O)NCC(C)OC)cc1C(F)(F)F. The van der Waals surface area contributed by atoms with Crippen LogP contribution in [-0.4, -0.2) is 32.2 Å². The first-order valence-corrected chi connectivity index (χ1v) is 6.55. The lowest BCUT2D eigenvalue weighted by molar-refractivity contribution is -0.137. The summed E-state index contributed by atoms with van der Waals surface area (Å²) in [5, 5.41) is 5.16. The predicted molar refractivity (Wildman–Crippen MR) is 74.4 cm³/mol. The van der Waals surface area contributed by atoms with Crippen molar-refractivity contribution in [2.45, 2.75) is 26.1 Å². The van der Waals surface area contributed by atoms with Crippen molar-refractivity contribution in [3.8, 4) is 0 Å². The topological polar surface area (TPSA) is 50.4 Å². The molecule has 1 aromatic carbocycles. The second-order valence-corrected chi connectivity index (χ2v) is 4.54. The number of amides is 1. The number of carbonyl (C=O) groups is 1. The fraction of sp³-hybridized carbons (Fsp3) is 0.500. The largest absolute Gasteiger partial charge is 0.418 e. The number of halogens is 3. The van der Waals surface area contributed by atoms with E-state index < -0.39 is 17.6 Å². The second kappa shape index (κ2) is 7.31. The van der Waals surface area contributed by atoms with Crippen LogP contribution in [0.5, 0.6) is 0 Å². The summed E-state index contributed by atoms with van der Waals surface area (Å²) in [6, 6.07) is 3.48. The van der Waals surface area contributed by atoms with Crippen LogP contribution in [0.2, 0.25) is 0 Å². The first kappa shape index (κ1) is 17.3. The summed E-state index contributed by atoms with van der Waals surface area (Å²) in [4.78, 5) is 11.9. The lowest BCUT2D eigenvalue weighted by Gasteiger charge is -2.16. The van der Waals surface area contributed by atoms with Crippen molar-refractivity contribution in [3.05, 3.63) is 29.3 Å². The summed E-state index contributed by atoms with van der Waals surface area (Å²) in [7, 11) is 1.49. The minimum Gasteiger partial charge on any atom is -0.385 e. The van der Waals surface area contributed by atoms with Crippen molar-refractivity contribution in [3.63, 3.8) is 0 Å². The molecule has 0 aliphatic rings. The number of hydrogen-bond donors (Lipinski definition) is 2. The van der Waals surface area contributed by atoms with E-state index in [-0.39, 0.29) is 23.9 Å². The summed E-state index contributed by atoms with van der Waals surface area (Å²) < 4.78 is 43.9. The lowest BCUT2D eigenvalue weighted by Crippen LogP contribution is -2.31. The number of rotatable bonds is 6. The zero-order valence-corrected chi connectivity index (χ0v) is 12.2. The Morgan fingerprint density at radius 3 is 2.57 bits per heavy atom. The highest BCUT2D eigenvalue weighted by atomic mass is 19.4. The maximum atomic E-state index is 13.0. The van der Waals surface area contributed by atoms with E-state index in [1.807, 2.05) is 0 Å². The Balaban J connectivity index is 2.97. The normalized spacial score (nSPS) is 12.9. The Labute approximate surface area is 121 Å². The Morgan fingerprint density at radius 2 is 2.05 bits per heavy atom. The molecule has 0 heterocycles. The summed E-state index contributed by atoms with van der Waals surface area (Å²) >= 11 is 0. The molecule has 7 heteroatoms. The molecule has 0 saturated carbocycles. The van der Waals surface area contributed by atoms with Crippen LogP contribution in [0, 0.1) is 0 Å². The molecule has 0 aliphatic carbocycles. The number of nitrogens with one attached hydrogen (secondary N) is 2. The quantitative estimate of drug-likeness (QED) is 0.849. The summed E-state index contributed by atoms with van der Waals surface area (Å²) in [6.45, 7) is 4.04. The van der Waals surface area contributed by atoms with E-state index in [0.29, 0.717) is 6.54 Å². The highest BCUT2D eigenvalue weighted by molar-refractivity contribution is 5.95. The third-order valence-electron chi connectivity index (χ3n) is 2.91. The fourth-order valence-electron chi connectivity index (χ4n) is 1.69. The Morgan fingerprint density at radius 1 is 1.38 bits per heavy atom. The van der Waals surface area contributed by atoms with Gasteiger partial charge in [0.15, 0.2) is 0 Å². The molecule has 0 spiro atoms. The van der Waals surface area contributed by atoms with Gasteiger partial charge >= 0.3 is 6.18 Å². The van der Waals surface area contributed by atoms with Crippen LogP contribution in [0.1, 0.15) is 29.8 Å². The van der Waals surface area contributed by atoms with Gasteiger partial charge in [-0.1, -0.05) is 0 Å². The maximum absolute atomic E-state index is 13.0. The molecule has 2 N–H and O–H groups in total. The van der Waals surface area contributed by atoms with Crippen molar-refractivity contribution < 1.29 is 22.7 Å². The first-order valence-electron chi connectivity index (χ1n) is 6.55. The van der Waals surface area contributed by atoms with E-state index in [1.54, 1.807) is 13.8 Å². The predicted octanol–water partition coefficient (Wildman–Crippen LogP) is 2.90. The molecule has 4 nitrogen and oxygen atoms in total. The third kappa shape index (κ3) is 4.93. The number of methoxy groups -OCH3 is 1. The summed E-state index contributed by atoms with van der Waals surface area (Å²) in [5.74, 6) is -0.563. The molecule has 1 unspecified atom stereocenters. The van der Waals surface area contributed by atoms with Gasteiger partial charge in [-0.15, -0.1) is 0 Å². The number of ether oxygens (including phenoxy) is 1. The third-order valence-corrected chi connectivity index (χ3v) is 2.91. The van der Waals surface area contributed by atoms with E-state index in [9.17, 15) is 18.0 Å². The Kier molecular flexibility index (Phi) is 6.02.